The maximum absolute atomic E-state index is 13.2. The zero-order chi connectivity index (χ0) is 27.1. The van der Waals surface area contributed by atoms with Gasteiger partial charge in [-0.15, -0.1) is 0 Å². The number of aromatic nitrogens is 3. The number of ether oxygens (including phenoxy) is 1. The molecule has 2 aromatic carbocycles. The number of halogens is 1. The number of aromatic amines is 1. The normalized spacial score (nSPS) is 10.7. The molecule has 2 N–H and O–H groups in total. The molecule has 0 atom stereocenters. The number of carbonyl (C=O) groups is 2. The van der Waals surface area contributed by atoms with Gasteiger partial charge in [0.1, 0.15) is 11.4 Å². The van der Waals surface area contributed by atoms with Crippen LogP contribution in [0.4, 0.5) is 10.2 Å². The molecule has 0 saturated carbocycles. The Bertz CT molecular complexity index is 1480. The van der Waals surface area contributed by atoms with E-state index in [4.69, 9.17) is 4.74 Å². The van der Waals surface area contributed by atoms with Crippen LogP contribution in [-0.4, -0.2) is 40.5 Å². The summed E-state index contributed by atoms with van der Waals surface area (Å²) in [5, 5.41) is 9.83. The highest BCUT2D eigenvalue weighted by molar-refractivity contribution is 5.97. The van der Waals surface area contributed by atoms with Crippen LogP contribution in [-0.2, 0) is 24.3 Å². The van der Waals surface area contributed by atoms with Crippen LogP contribution in [0.25, 0.3) is 0 Å². The number of nitrogens with one attached hydrogen (secondary N) is 2. The first kappa shape index (κ1) is 26.3. The van der Waals surface area contributed by atoms with Gasteiger partial charge in [0, 0.05) is 50.3 Å². The molecular formula is C28H28FN5O4. The first-order valence-corrected chi connectivity index (χ1v) is 12.0. The summed E-state index contributed by atoms with van der Waals surface area (Å²) in [6, 6.07) is 19.5. The van der Waals surface area contributed by atoms with Crippen molar-refractivity contribution in [3.8, 4) is 5.75 Å². The van der Waals surface area contributed by atoms with Crippen molar-refractivity contribution < 1.29 is 18.7 Å². The summed E-state index contributed by atoms with van der Waals surface area (Å²) in [6.45, 7) is 0.988. The first-order chi connectivity index (χ1) is 18.4. The van der Waals surface area contributed by atoms with Gasteiger partial charge in [-0.05, 0) is 23.3 Å². The summed E-state index contributed by atoms with van der Waals surface area (Å²) in [5.41, 5.74) is 3.15. The monoisotopic (exact) mass is 517 g/mol. The third-order valence-electron chi connectivity index (χ3n) is 6.14. The van der Waals surface area contributed by atoms with Gasteiger partial charge in [0.05, 0.1) is 6.54 Å². The topological polar surface area (TPSA) is 109 Å². The lowest BCUT2D eigenvalue weighted by Crippen LogP contribution is -2.26. The molecule has 38 heavy (non-hydrogen) atoms. The summed E-state index contributed by atoms with van der Waals surface area (Å²) >= 11 is 0. The lowest BCUT2D eigenvalue weighted by Gasteiger charge is -2.15. The van der Waals surface area contributed by atoms with E-state index in [1.807, 2.05) is 24.3 Å². The average molecular weight is 518 g/mol. The van der Waals surface area contributed by atoms with E-state index < -0.39 is 12.8 Å². The summed E-state index contributed by atoms with van der Waals surface area (Å²) in [6.07, 6.45) is 2.07. The number of hydrogen-bond donors (Lipinski definition) is 2. The van der Waals surface area contributed by atoms with Crippen molar-refractivity contribution in [1.82, 2.24) is 20.1 Å². The highest BCUT2D eigenvalue weighted by atomic mass is 19.1. The maximum atomic E-state index is 13.2. The van der Waals surface area contributed by atoms with E-state index >= 15 is 0 Å². The predicted molar refractivity (Wildman–Crippen MR) is 141 cm³/mol. The Kier molecular flexibility index (Phi) is 8.32. The fourth-order valence-corrected chi connectivity index (χ4v) is 4.01. The number of rotatable bonds is 10. The molecule has 0 aliphatic heterocycles. The Hall–Kier alpha value is -4.73. The molecule has 2 amide bonds. The molecule has 4 aromatic rings. The van der Waals surface area contributed by atoms with Crippen molar-refractivity contribution in [3.05, 3.63) is 111 Å². The molecule has 0 aliphatic carbocycles. The third kappa shape index (κ3) is 6.15. The van der Waals surface area contributed by atoms with Crippen molar-refractivity contribution in [2.75, 3.05) is 18.8 Å². The molecule has 0 aliphatic rings. The molecular weight excluding hydrogens is 489 g/mol. The van der Waals surface area contributed by atoms with E-state index in [0.717, 1.165) is 11.1 Å². The van der Waals surface area contributed by atoms with Gasteiger partial charge >= 0.3 is 0 Å². The first-order valence-electron chi connectivity index (χ1n) is 12.0. The minimum absolute atomic E-state index is 0.0820. The number of pyridine rings is 1. The van der Waals surface area contributed by atoms with E-state index in [1.165, 1.54) is 17.9 Å². The highest BCUT2D eigenvalue weighted by Crippen LogP contribution is 2.25. The molecule has 0 bridgehead atoms. The highest BCUT2D eigenvalue weighted by Gasteiger charge is 2.23. The van der Waals surface area contributed by atoms with Crippen LogP contribution < -0.4 is 20.5 Å². The van der Waals surface area contributed by atoms with Crippen molar-refractivity contribution in [2.24, 2.45) is 0 Å². The summed E-state index contributed by atoms with van der Waals surface area (Å²) in [4.78, 5) is 38.6. The number of H-pyrrole nitrogens is 1. The molecule has 2 aromatic heterocycles. The fraction of sp³-hybridized carbons (Fsp3) is 0.214. The lowest BCUT2D eigenvalue weighted by molar-refractivity contribution is -0.116. The number of hydrogen-bond acceptors (Lipinski definition) is 5. The van der Waals surface area contributed by atoms with Crippen LogP contribution in [0.2, 0.25) is 0 Å². The van der Waals surface area contributed by atoms with E-state index in [2.05, 4.69) is 15.5 Å². The van der Waals surface area contributed by atoms with Gasteiger partial charge in [-0.2, -0.15) is 5.10 Å². The standard InChI is InChI=1S/C28H28FN5O4/c1-19(35)33(2)27-23(15-20-10-12-21(13-11-20)17-34-14-6-5-9-25(34)36)26(31-32-27)28(37)30-16-22-7-3-4-8-24(22)38-18-29/h3-14H,15-18H2,1-2H3,(H,30,37)(H,31,32). The quantitative estimate of drug-likeness (QED) is 0.335. The van der Waals surface area contributed by atoms with Gasteiger partial charge in [-0.3, -0.25) is 24.4 Å². The van der Waals surface area contributed by atoms with Crippen molar-refractivity contribution in [1.29, 1.82) is 0 Å². The second kappa shape index (κ2) is 12.0. The van der Waals surface area contributed by atoms with Crippen molar-refractivity contribution >= 4 is 17.6 Å². The number of alkyl halides is 1. The molecule has 0 unspecified atom stereocenters. The zero-order valence-electron chi connectivity index (χ0n) is 21.1. The van der Waals surface area contributed by atoms with Gasteiger partial charge in [0.15, 0.2) is 5.82 Å². The number of anilines is 1. The average Bonchev–Trinajstić information content (AvgIpc) is 3.33. The third-order valence-corrected chi connectivity index (χ3v) is 6.14. The van der Waals surface area contributed by atoms with E-state index in [1.54, 1.807) is 54.2 Å². The number of para-hydroxylation sites is 1. The van der Waals surface area contributed by atoms with Gasteiger partial charge in [0.2, 0.25) is 12.8 Å². The Balaban J connectivity index is 1.55. The largest absolute Gasteiger partial charge is 0.463 e. The molecule has 10 heteroatoms. The molecule has 2 heterocycles. The molecule has 9 nitrogen and oxygen atoms in total. The van der Waals surface area contributed by atoms with Crippen LogP contribution in [0, 0.1) is 0 Å². The van der Waals surface area contributed by atoms with E-state index in [9.17, 15) is 18.8 Å². The maximum Gasteiger partial charge on any atom is 0.269 e. The van der Waals surface area contributed by atoms with Gasteiger partial charge in [-0.1, -0.05) is 48.5 Å². The van der Waals surface area contributed by atoms with Crippen LogP contribution in [0.5, 0.6) is 5.75 Å². The van der Waals surface area contributed by atoms with Gasteiger partial charge in [-0.25, -0.2) is 4.39 Å². The van der Waals surface area contributed by atoms with Gasteiger partial charge < -0.3 is 14.6 Å². The number of carbonyl (C=O) groups excluding carboxylic acids is 2. The minimum Gasteiger partial charge on any atom is -0.463 e. The smallest absolute Gasteiger partial charge is 0.269 e. The summed E-state index contributed by atoms with van der Waals surface area (Å²) < 4.78 is 19.3. The second-order valence-corrected chi connectivity index (χ2v) is 8.68. The molecule has 4 rings (SSSR count). The minimum atomic E-state index is -0.975. The molecule has 196 valence electrons. The van der Waals surface area contributed by atoms with Crippen LogP contribution >= 0.6 is 0 Å². The van der Waals surface area contributed by atoms with Crippen LogP contribution in [0.3, 0.4) is 0 Å². The Labute approximate surface area is 218 Å². The van der Waals surface area contributed by atoms with Crippen molar-refractivity contribution in [2.45, 2.75) is 26.4 Å². The SMILES string of the molecule is CC(=O)N(C)c1n[nH]c(C(=O)NCc2ccccc2OCF)c1Cc1ccc(Cn2ccccc2=O)cc1. The summed E-state index contributed by atoms with van der Waals surface area (Å²) in [7, 11) is 1.59. The number of nitrogens with zero attached hydrogens (tertiary/aromatic N) is 3. The predicted octanol–water partition coefficient (Wildman–Crippen LogP) is 3.43. The molecule has 0 radical (unpaired) electrons. The molecule has 0 fully saturated rings. The Morgan fingerprint density at radius 2 is 1.76 bits per heavy atom. The fourth-order valence-electron chi connectivity index (χ4n) is 4.01. The Morgan fingerprint density at radius 3 is 2.47 bits per heavy atom. The van der Waals surface area contributed by atoms with Crippen molar-refractivity contribution in [3.63, 3.8) is 0 Å². The summed E-state index contributed by atoms with van der Waals surface area (Å²) in [5.74, 6) is 0.0372. The lowest BCUT2D eigenvalue weighted by atomic mass is 10.0. The number of benzene rings is 2. The van der Waals surface area contributed by atoms with E-state index in [0.29, 0.717) is 35.7 Å². The Morgan fingerprint density at radius 1 is 1.05 bits per heavy atom. The van der Waals surface area contributed by atoms with Crippen LogP contribution in [0.1, 0.15) is 39.7 Å². The number of amides is 2. The van der Waals surface area contributed by atoms with Crippen LogP contribution in [0.15, 0.2) is 77.7 Å². The van der Waals surface area contributed by atoms with E-state index in [-0.39, 0.29) is 23.7 Å². The zero-order valence-corrected chi connectivity index (χ0v) is 21.1. The van der Waals surface area contributed by atoms with Gasteiger partial charge in [0.25, 0.3) is 11.5 Å². The second-order valence-electron chi connectivity index (χ2n) is 8.68. The molecule has 0 spiro atoms. The molecule has 0 saturated heterocycles.